The fourth-order valence-electron chi connectivity index (χ4n) is 2.13. The highest BCUT2D eigenvalue weighted by Gasteiger charge is 2.15. The van der Waals surface area contributed by atoms with E-state index >= 15 is 0 Å². The summed E-state index contributed by atoms with van der Waals surface area (Å²) in [5.41, 5.74) is 1.58. The number of hydrogen-bond acceptors (Lipinski definition) is 4. The number of para-hydroxylation sites is 1. The average Bonchev–Trinajstić information content (AvgIpc) is 2.94. The highest BCUT2D eigenvalue weighted by molar-refractivity contribution is 7.09. The van der Waals surface area contributed by atoms with Gasteiger partial charge in [-0.15, -0.1) is 11.3 Å². The van der Waals surface area contributed by atoms with Crippen LogP contribution >= 0.6 is 11.3 Å². The molecule has 0 saturated carbocycles. The summed E-state index contributed by atoms with van der Waals surface area (Å²) in [6.45, 7) is 2.22. The largest absolute Gasteiger partial charge is 0.478 e. The number of aromatic amines is 1. The van der Waals surface area contributed by atoms with Crippen LogP contribution < -0.4 is 5.69 Å². The Morgan fingerprint density at radius 3 is 2.95 bits per heavy atom. The van der Waals surface area contributed by atoms with Gasteiger partial charge < -0.3 is 10.1 Å². The van der Waals surface area contributed by atoms with Crippen molar-refractivity contribution in [3.05, 3.63) is 50.3 Å². The summed E-state index contributed by atoms with van der Waals surface area (Å²) >= 11 is 1.47. The Balaban J connectivity index is 2.16. The first-order valence-corrected chi connectivity index (χ1v) is 6.80. The summed E-state index contributed by atoms with van der Waals surface area (Å²) in [7, 11) is 0. The molecule has 0 radical (unpaired) electrons. The third-order valence-corrected chi connectivity index (χ3v) is 3.95. The minimum atomic E-state index is -1.06. The highest BCUT2D eigenvalue weighted by atomic mass is 32.1. The monoisotopic (exact) mass is 289 g/mol. The van der Waals surface area contributed by atoms with Crippen molar-refractivity contribution in [3.63, 3.8) is 0 Å². The lowest BCUT2D eigenvalue weighted by atomic mass is 10.2. The summed E-state index contributed by atoms with van der Waals surface area (Å²) in [4.78, 5) is 30.1. The second-order valence-electron chi connectivity index (χ2n) is 4.40. The summed E-state index contributed by atoms with van der Waals surface area (Å²) in [6.07, 6.45) is 0. The lowest BCUT2D eigenvalue weighted by Gasteiger charge is -2.01. The summed E-state index contributed by atoms with van der Waals surface area (Å²) < 4.78 is 1.50. The first-order valence-electron chi connectivity index (χ1n) is 5.92. The maximum absolute atomic E-state index is 12.0. The molecule has 0 spiro atoms. The molecule has 0 amide bonds. The van der Waals surface area contributed by atoms with Crippen molar-refractivity contribution < 1.29 is 9.90 Å². The number of carboxylic acid groups (broad SMARTS) is 1. The molecule has 0 unspecified atom stereocenters. The third kappa shape index (κ3) is 2.01. The van der Waals surface area contributed by atoms with Crippen LogP contribution in [0, 0.1) is 6.92 Å². The van der Waals surface area contributed by atoms with Crippen LogP contribution in [0.3, 0.4) is 0 Å². The molecule has 0 aliphatic rings. The van der Waals surface area contributed by atoms with E-state index in [2.05, 4.69) is 9.97 Å². The SMILES string of the molecule is Cc1csc(Cn2c(=O)[nH]c3c(C(=O)O)cccc32)n1. The number of nitrogens with one attached hydrogen (secondary N) is 1. The third-order valence-electron chi connectivity index (χ3n) is 3.00. The molecular weight excluding hydrogens is 278 g/mol. The molecule has 0 fully saturated rings. The second kappa shape index (κ2) is 4.61. The molecule has 20 heavy (non-hydrogen) atoms. The Morgan fingerprint density at radius 1 is 1.50 bits per heavy atom. The van der Waals surface area contributed by atoms with Gasteiger partial charge in [0, 0.05) is 11.1 Å². The molecule has 2 aromatic heterocycles. The van der Waals surface area contributed by atoms with Gasteiger partial charge in [-0.25, -0.2) is 14.6 Å². The van der Waals surface area contributed by atoms with Crippen molar-refractivity contribution in [2.24, 2.45) is 0 Å². The van der Waals surface area contributed by atoms with Crippen LogP contribution in [0.15, 0.2) is 28.4 Å². The van der Waals surface area contributed by atoms with Crippen LogP contribution in [-0.4, -0.2) is 25.6 Å². The number of aromatic carboxylic acids is 1. The van der Waals surface area contributed by atoms with Crippen LogP contribution in [0.1, 0.15) is 21.1 Å². The van der Waals surface area contributed by atoms with E-state index in [-0.39, 0.29) is 11.3 Å². The van der Waals surface area contributed by atoms with E-state index in [1.54, 1.807) is 12.1 Å². The van der Waals surface area contributed by atoms with Crippen molar-refractivity contribution in [1.29, 1.82) is 0 Å². The molecule has 2 heterocycles. The van der Waals surface area contributed by atoms with Gasteiger partial charge in [-0.2, -0.15) is 0 Å². The van der Waals surface area contributed by atoms with Gasteiger partial charge in [-0.3, -0.25) is 4.57 Å². The lowest BCUT2D eigenvalue weighted by molar-refractivity contribution is 0.0699. The van der Waals surface area contributed by atoms with E-state index in [0.717, 1.165) is 10.7 Å². The molecule has 0 aliphatic carbocycles. The Kier molecular flexibility index (Phi) is 2.90. The van der Waals surface area contributed by atoms with Gasteiger partial charge >= 0.3 is 11.7 Å². The van der Waals surface area contributed by atoms with Crippen molar-refractivity contribution in [2.45, 2.75) is 13.5 Å². The standard InChI is InChI=1S/C13H11N3O3S/c1-7-6-20-10(14-7)5-16-9-4-2-3-8(12(17)18)11(9)15-13(16)19/h2-4,6H,5H2,1H3,(H,15,19)(H,17,18). The second-order valence-corrected chi connectivity index (χ2v) is 5.35. The number of fused-ring (bicyclic) bond motifs is 1. The molecule has 6 nitrogen and oxygen atoms in total. The number of nitrogens with zero attached hydrogens (tertiary/aromatic N) is 2. The predicted molar refractivity (Wildman–Crippen MR) is 75.5 cm³/mol. The first kappa shape index (κ1) is 12.6. The molecule has 1 aromatic carbocycles. The van der Waals surface area contributed by atoms with Crippen LogP contribution in [0.5, 0.6) is 0 Å². The van der Waals surface area contributed by atoms with E-state index in [9.17, 15) is 9.59 Å². The van der Waals surface area contributed by atoms with Crippen LogP contribution in [0.25, 0.3) is 11.0 Å². The Morgan fingerprint density at radius 2 is 2.30 bits per heavy atom. The topological polar surface area (TPSA) is 88.0 Å². The molecule has 7 heteroatoms. The number of H-pyrrole nitrogens is 1. The van der Waals surface area contributed by atoms with Crippen molar-refractivity contribution in [1.82, 2.24) is 14.5 Å². The zero-order valence-electron chi connectivity index (χ0n) is 10.6. The molecule has 2 N–H and O–H groups in total. The molecule has 0 aliphatic heterocycles. The van der Waals surface area contributed by atoms with Gasteiger partial charge in [0.2, 0.25) is 0 Å². The van der Waals surface area contributed by atoms with E-state index in [1.807, 2.05) is 12.3 Å². The number of hydrogen-bond donors (Lipinski definition) is 2. The predicted octanol–water partition coefficient (Wildman–Crippen LogP) is 1.84. The Bertz CT molecular complexity index is 859. The van der Waals surface area contributed by atoms with Crippen molar-refractivity contribution in [2.75, 3.05) is 0 Å². The Hall–Kier alpha value is -2.41. The number of aromatic nitrogens is 3. The van der Waals surface area contributed by atoms with Gasteiger partial charge in [0.25, 0.3) is 0 Å². The van der Waals surface area contributed by atoms with Gasteiger partial charge in [-0.1, -0.05) is 6.07 Å². The zero-order valence-corrected chi connectivity index (χ0v) is 11.4. The van der Waals surface area contributed by atoms with E-state index in [1.165, 1.54) is 22.0 Å². The highest BCUT2D eigenvalue weighted by Crippen LogP contribution is 2.17. The van der Waals surface area contributed by atoms with E-state index < -0.39 is 5.97 Å². The van der Waals surface area contributed by atoms with Crippen molar-refractivity contribution >= 4 is 28.3 Å². The molecule has 0 saturated heterocycles. The van der Waals surface area contributed by atoms with Gasteiger partial charge in [0.05, 0.1) is 23.1 Å². The smallest absolute Gasteiger partial charge is 0.337 e. The van der Waals surface area contributed by atoms with E-state index in [4.69, 9.17) is 5.11 Å². The van der Waals surface area contributed by atoms with Crippen LogP contribution in [0.2, 0.25) is 0 Å². The molecule has 0 bridgehead atoms. The number of carbonyl (C=O) groups is 1. The maximum atomic E-state index is 12.0. The molecule has 0 atom stereocenters. The summed E-state index contributed by atoms with van der Waals surface area (Å²) in [5, 5.41) is 11.9. The molecule has 3 rings (SSSR count). The minimum absolute atomic E-state index is 0.0914. The Labute approximate surface area is 117 Å². The van der Waals surface area contributed by atoms with Gasteiger partial charge in [0.15, 0.2) is 0 Å². The first-order chi connectivity index (χ1) is 9.56. The quantitative estimate of drug-likeness (QED) is 0.770. The number of carboxylic acids is 1. The molecule has 3 aromatic rings. The van der Waals surface area contributed by atoms with Crippen LogP contribution in [-0.2, 0) is 6.54 Å². The van der Waals surface area contributed by atoms with E-state index in [0.29, 0.717) is 17.6 Å². The number of thiazole rings is 1. The fraction of sp³-hybridized carbons (Fsp3) is 0.154. The summed E-state index contributed by atoms with van der Waals surface area (Å²) in [5.74, 6) is -1.06. The number of imidazole rings is 1. The van der Waals surface area contributed by atoms with Gasteiger partial charge in [-0.05, 0) is 19.1 Å². The minimum Gasteiger partial charge on any atom is -0.478 e. The zero-order chi connectivity index (χ0) is 14.3. The van der Waals surface area contributed by atoms with Gasteiger partial charge in [0.1, 0.15) is 5.01 Å². The normalized spacial score (nSPS) is 11.1. The summed E-state index contributed by atoms with van der Waals surface area (Å²) in [6, 6.07) is 4.82. The number of aryl methyl sites for hydroxylation is 1. The van der Waals surface area contributed by atoms with Crippen molar-refractivity contribution in [3.8, 4) is 0 Å². The van der Waals surface area contributed by atoms with Crippen LogP contribution in [0.4, 0.5) is 0 Å². The molecule has 102 valence electrons. The average molecular weight is 289 g/mol. The maximum Gasteiger partial charge on any atom is 0.337 e. The number of benzene rings is 1. The fourth-order valence-corrected chi connectivity index (χ4v) is 2.89. The molecular formula is C13H11N3O3S. The number of rotatable bonds is 3. The lowest BCUT2D eigenvalue weighted by Crippen LogP contribution is -2.17.